The van der Waals surface area contributed by atoms with E-state index in [1.807, 2.05) is 32.1 Å². The fourth-order valence-corrected chi connectivity index (χ4v) is 4.69. The van der Waals surface area contributed by atoms with E-state index in [9.17, 15) is 4.79 Å². The Morgan fingerprint density at radius 2 is 2.00 bits per heavy atom. The van der Waals surface area contributed by atoms with E-state index in [1.54, 1.807) is 6.08 Å². The molecule has 0 saturated heterocycles. The molecule has 1 atom stereocenters. The van der Waals surface area contributed by atoms with Crippen LogP contribution in [0.3, 0.4) is 0 Å². The largest absolute Gasteiger partial charge is 0.478 e. The van der Waals surface area contributed by atoms with Gasteiger partial charge in [-0.25, -0.2) is 13.6 Å². The average molecular weight is 420 g/mol. The number of fused-ring (bicyclic) bond motifs is 3. The van der Waals surface area contributed by atoms with Crippen molar-refractivity contribution in [1.29, 1.82) is 0 Å². The number of carboxylic acids is 1. The molecule has 1 aromatic heterocycles. The number of nitrogens with zero attached hydrogens (tertiary/aromatic N) is 1. The molecule has 0 spiro atoms. The molecule has 7 heteroatoms. The van der Waals surface area contributed by atoms with Crippen LogP contribution < -0.4 is 0 Å². The molecular formula is C24H23BF2N2O2. The molecule has 2 N–H and O–H groups in total. The second-order valence-electron chi connectivity index (χ2n) is 7.94. The first-order valence-corrected chi connectivity index (χ1v) is 10.2. The maximum absolute atomic E-state index is 15.4. The molecule has 31 heavy (non-hydrogen) atoms. The first kappa shape index (κ1) is 21.1. The Labute approximate surface area is 180 Å². The van der Waals surface area contributed by atoms with Gasteiger partial charge >= 0.3 is 5.97 Å². The fraction of sp³-hybridized carbons (Fsp3) is 0.208. The zero-order chi connectivity index (χ0) is 22.2. The predicted molar refractivity (Wildman–Crippen MR) is 121 cm³/mol. The first-order valence-electron chi connectivity index (χ1n) is 10.2. The van der Waals surface area contributed by atoms with Crippen LogP contribution in [0.4, 0.5) is 8.78 Å². The van der Waals surface area contributed by atoms with Gasteiger partial charge in [0.25, 0.3) is 0 Å². The van der Waals surface area contributed by atoms with Gasteiger partial charge in [-0.05, 0) is 48.2 Å². The highest BCUT2D eigenvalue weighted by Gasteiger charge is 2.45. The summed E-state index contributed by atoms with van der Waals surface area (Å²) in [5.41, 5.74) is 1.86. The number of H-pyrrole nitrogens is 1. The summed E-state index contributed by atoms with van der Waals surface area (Å²) in [5, 5.41) is 9.88. The van der Waals surface area contributed by atoms with Gasteiger partial charge < -0.3 is 10.1 Å². The number of carbonyl (C=O) groups is 1. The number of aromatic amines is 1. The van der Waals surface area contributed by atoms with Crippen molar-refractivity contribution in [2.24, 2.45) is 0 Å². The van der Waals surface area contributed by atoms with Crippen molar-refractivity contribution in [3.8, 4) is 0 Å². The SMILES string of the molecule is B[C@@]1(c2c(F)cc(/C=C/C(=O)O)cc2F)c2[nH]c3ccccc3c2CCN1CCC=C. The van der Waals surface area contributed by atoms with Crippen molar-refractivity contribution in [3.63, 3.8) is 0 Å². The number of para-hydroxylation sites is 1. The lowest BCUT2D eigenvalue weighted by Gasteiger charge is -2.45. The van der Waals surface area contributed by atoms with Crippen LogP contribution in [-0.4, -0.2) is 41.9 Å². The summed E-state index contributed by atoms with van der Waals surface area (Å²) in [5.74, 6) is -2.59. The number of nitrogens with one attached hydrogen (secondary N) is 1. The van der Waals surface area contributed by atoms with Crippen LogP contribution in [0.5, 0.6) is 0 Å². The van der Waals surface area contributed by atoms with Crippen LogP contribution in [0, 0.1) is 11.6 Å². The number of aliphatic carboxylic acids is 1. The Hall–Kier alpha value is -3.19. The molecule has 158 valence electrons. The number of carboxylic acid groups (broad SMARTS) is 1. The minimum absolute atomic E-state index is 0.0449. The number of hydrogen-bond donors (Lipinski definition) is 2. The molecule has 0 radical (unpaired) electrons. The van der Waals surface area contributed by atoms with E-state index < -0.39 is 23.0 Å². The van der Waals surface area contributed by atoms with E-state index in [0.29, 0.717) is 19.5 Å². The lowest BCUT2D eigenvalue weighted by Crippen LogP contribution is -2.53. The molecule has 0 saturated carbocycles. The Bertz CT molecular complexity index is 1180. The smallest absolute Gasteiger partial charge is 0.328 e. The maximum atomic E-state index is 15.4. The fourth-order valence-electron chi connectivity index (χ4n) is 4.69. The molecule has 1 aliphatic heterocycles. The van der Waals surface area contributed by atoms with Crippen molar-refractivity contribution >= 4 is 30.8 Å². The molecule has 0 unspecified atom stereocenters. The van der Waals surface area contributed by atoms with Crippen LogP contribution in [0.25, 0.3) is 17.0 Å². The second kappa shape index (κ2) is 8.15. The van der Waals surface area contributed by atoms with Gasteiger partial charge in [-0.15, -0.1) is 6.58 Å². The molecule has 0 bridgehead atoms. The summed E-state index contributed by atoms with van der Waals surface area (Å²) in [6.07, 6.45) is 5.31. The van der Waals surface area contributed by atoms with Gasteiger partial charge in [0.1, 0.15) is 19.5 Å². The van der Waals surface area contributed by atoms with E-state index in [4.69, 9.17) is 5.11 Å². The van der Waals surface area contributed by atoms with Crippen molar-refractivity contribution in [3.05, 3.63) is 89.1 Å². The molecule has 2 heterocycles. The maximum Gasteiger partial charge on any atom is 0.328 e. The summed E-state index contributed by atoms with van der Waals surface area (Å²) in [6, 6.07) is 10.3. The highest BCUT2D eigenvalue weighted by Crippen LogP contribution is 2.43. The Morgan fingerprint density at radius 3 is 2.68 bits per heavy atom. The highest BCUT2D eigenvalue weighted by atomic mass is 19.1. The van der Waals surface area contributed by atoms with Crippen LogP contribution in [0.2, 0.25) is 0 Å². The van der Waals surface area contributed by atoms with Crippen molar-refractivity contribution in [2.75, 3.05) is 13.1 Å². The molecule has 4 nitrogen and oxygen atoms in total. The molecule has 2 aromatic carbocycles. The average Bonchev–Trinajstić information content (AvgIpc) is 3.11. The molecule has 0 fully saturated rings. The minimum atomic E-state index is -1.18. The van der Waals surface area contributed by atoms with E-state index in [1.165, 1.54) is 18.2 Å². The van der Waals surface area contributed by atoms with Crippen LogP contribution in [0.15, 0.2) is 55.1 Å². The summed E-state index contributed by atoms with van der Waals surface area (Å²) < 4.78 is 30.9. The number of halogens is 2. The van der Waals surface area contributed by atoms with Gasteiger partial charge in [-0.2, -0.15) is 0 Å². The normalized spacial score (nSPS) is 19.0. The standard InChI is InChI=1S/C24H23BF2N2O2/c1-2-3-11-29-12-10-17-16-6-4-5-7-20(16)28-23(17)24(29,25)22-18(26)13-15(14-19(22)27)8-9-21(30)31/h2,4-9,13-14,28H,1,3,10-12,25H2,(H,30,31)/b9-8+/t24-/m1/s1. The van der Waals surface area contributed by atoms with Gasteiger partial charge in [-0.1, -0.05) is 24.3 Å². The lowest BCUT2D eigenvalue weighted by atomic mass is 9.64. The molecule has 0 aliphatic carbocycles. The van der Waals surface area contributed by atoms with Gasteiger partial charge in [-0.3, -0.25) is 4.90 Å². The molecule has 4 rings (SSSR count). The van der Waals surface area contributed by atoms with E-state index in [-0.39, 0.29) is 11.1 Å². The molecule has 0 amide bonds. The third-order valence-electron chi connectivity index (χ3n) is 6.14. The third-order valence-corrected chi connectivity index (χ3v) is 6.14. The van der Waals surface area contributed by atoms with E-state index in [2.05, 4.69) is 16.5 Å². The topological polar surface area (TPSA) is 56.3 Å². The Morgan fingerprint density at radius 1 is 1.29 bits per heavy atom. The lowest BCUT2D eigenvalue weighted by molar-refractivity contribution is -0.131. The third kappa shape index (κ3) is 3.59. The highest BCUT2D eigenvalue weighted by molar-refractivity contribution is 6.18. The summed E-state index contributed by atoms with van der Waals surface area (Å²) >= 11 is 0. The zero-order valence-electron chi connectivity index (χ0n) is 17.3. The zero-order valence-corrected chi connectivity index (χ0v) is 17.3. The van der Waals surface area contributed by atoms with E-state index >= 15 is 8.78 Å². The summed E-state index contributed by atoms with van der Waals surface area (Å²) in [7, 11) is 1.84. The van der Waals surface area contributed by atoms with Gasteiger partial charge in [0.2, 0.25) is 0 Å². The number of aromatic nitrogens is 1. The predicted octanol–water partition coefficient (Wildman–Crippen LogP) is 3.81. The number of benzene rings is 2. The van der Waals surface area contributed by atoms with Crippen molar-refractivity contribution < 1.29 is 18.7 Å². The quantitative estimate of drug-likeness (QED) is 0.362. The van der Waals surface area contributed by atoms with Crippen LogP contribution in [-0.2, 0) is 16.7 Å². The minimum Gasteiger partial charge on any atom is -0.478 e. The molecule has 3 aromatic rings. The first-order chi connectivity index (χ1) is 14.9. The van der Waals surface area contributed by atoms with Crippen molar-refractivity contribution in [1.82, 2.24) is 9.88 Å². The monoisotopic (exact) mass is 420 g/mol. The van der Waals surface area contributed by atoms with Crippen LogP contribution >= 0.6 is 0 Å². The summed E-state index contributed by atoms with van der Waals surface area (Å²) in [4.78, 5) is 16.3. The molecule has 1 aliphatic rings. The number of rotatable bonds is 6. The van der Waals surface area contributed by atoms with Gasteiger partial charge in [0.15, 0.2) is 0 Å². The van der Waals surface area contributed by atoms with Gasteiger partial charge in [0.05, 0.1) is 5.44 Å². The second-order valence-corrected chi connectivity index (χ2v) is 7.94. The summed E-state index contributed by atoms with van der Waals surface area (Å²) in [6.45, 7) is 5.04. The van der Waals surface area contributed by atoms with Crippen molar-refractivity contribution in [2.45, 2.75) is 18.3 Å². The number of hydrogen-bond acceptors (Lipinski definition) is 2. The Balaban J connectivity index is 1.93. The van der Waals surface area contributed by atoms with Crippen LogP contribution in [0.1, 0.15) is 28.8 Å². The van der Waals surface area contributed by atoms with E-state index in [0.717, 1.165) is 34.7 Å². The molecular weight excluding hydrogens is 397 g/mol. The Kier molecular flexibility index (Phi) is 5.54. The van der Waals surface area contributed by atoms with Gasteiger partial charge in [0, 0.05) is 41.3 Å².